The van der Waals surface area contributed by atoms with Gasteiger partial charge in [-0.25, -0.2) is 0 Å². The maximum Gasteiger partial charge on any atom is 0.260 e. The SMILES string of the molecule is CC1C2=C(C=C3C1C(C)(C)CCC3(C)C)N(c1ccc3c(c1)C(C)(C)CCC3(C)C)c1cc(N3c4ccccc4C(c4ccccc4)(c4ccccc4)c4ccccc43)cc3c1B2c1sc2ccc(C(C)(C)C)cc2c1N3c1ccc(C(C)(C)C)cc1. The molecule has 15 rings (SSSR count). The van der Waals surface area contributed by atoms with E-state index >= 15 is 0 Å². The van der Waals surface area contributed by atoms with Crippen molar-refractivity contribution >= 4 is 83.9 Å². The van der Waals surface area contributed by atoms with E-state index < -0.39 is 5.41 Å². The number of rotatable bonds is 5. The van der Waals surface area contributed by atoms with Gasteiger partial charge in [0.15, 0.2) is 0 Å². The van der Waals surface area contributed by atoms with E-state index in [4.69, 9.17) is 0 Å². The van der Waals surface area contributed by atoms with E-state index in [0.29, 0.717) is 5.92 Å². The fourth-order valence-corrected chi connectivity index (χ4v) is 18.7. The summed E-state index contributed by atoms with van der Waals surface area (Å²) in [6, 6.07) is 71.3. The van der Waals surface area contributed by atoms with Crippen LogP contribution in [0.1, 0.15) is 174 Å². The van der Waals surface area contributed by atoms with Crippen LogP contribution >= 0.6 is 11.3 Å². The maximum atomic E-state index is 2.81. The first-order chi connectivity index (χ1) is 41.3. The first-order valence-corrected chi connectivity index (χ1v) is 33.3. The van der Waals surface area contributed by atoms with Crippen molar-refractivity contribution < 1.29 is 0 Å². The zero-order valence-electron chi connectivity index (χ0n) is 54.2. The van der Waals surface area contributed by atoms with Crippen LogP contribution in [-0.2, 0) is 27.1 Å². The summed E-state index contributed by atoms with van der Waals surface area (Å²) in [6.45, 7) is 37.0. The van der Waals surface area contributed by atoms with Gasteiger partial charge in [0.25, 0.3) is 6.71 Å². The number of benzene rings is 8. The predicted molar refractivity (Wildman–Crippen MR) is 374 cm³/mol. The second-order valence-corrected chi connectivity index (χ2v) is 32.6. The summed E-state index contributed by atoms with van der Waals surface area (Å²) >= 11 is 2.05. The Bertz CT molecular complexity index is 4260. The minimum atomic E-state index is -0.604. The number of hydrogen-bond donors (Lipinski definition) is 0. The minimum absolute atomic E-state index is 0.00953. The largest absolute Gasteiger partial charge is 0.312 e. The Labute approximate surface area is 524 Å². The Hall–Kier alpha value is -7.34. The van der Waals surface area contributed by atoms with Crippen LogP contribution in [0.3, 0.4) is 0 Å². The molecule has 9 aromatic rings. The van der Waals surface area contributed by atoms with Gasteiger partial charge in [-0.1, -0.05) is 236 Å². The third-order valence-corrected chi connectivity index (χ3v) is 23.5. The van der Waals surface area contributed by atoms with Crippen molar-refractivity contribution in [1.29, 1.82) is 0 Å². The van der Waals surface area contributed by atoms with Gasteiger partial charge in [0.05, 0.1) is 28.2 Å². The van der Waals surface area contributed by atoms with Gasteiger partial charge in [-0.3, -0.25) is 0 Å². The Balaban J connectivity index is 1.11. The van der Waals surface area contributed by atoms with Crippen molar-refractivity contribution in [2.75, 3.05) is 14.7 Å². The summed E-state index contributed by atoms with van der Waals surface area (Å²) in [5, 5.41) is 1.34. The fraction of sp³-hybridized carbons (Fsp3) is 0.341. The molecule has 2 atom stereocenters. The van der Waals surface area contributed by atoms with Gasteiger partial charge in [0, 0.05) is 43.3 Å². The fourth-order valence-electron chi connectivity index (χ4n) is 17.4. The van der Waals surface area contributed by atoms with Crippen molar-refractivity contribution in [3.63, 3.8) is 0 Å². The van der Waals surface area contributed by atoms with Gasteiger partial charge in [0.2, 0.25) is 0 Å². The molecule has 0 amide bonds. The molecule has 3 nitrogen and oxygen atoms in total. The van der Waals surface area contributed by atoms with Crippen molar-refractivity contribution in [2.45, 2.75) is 157 Å². The molecule has 0 saturated heterocycles. The first kappa shape index (κ1) is 56.2. The van der Waals surface area contributed by atoms with Crippen molar-refractivity contribution in [3.8, 4) is 0 Å². The van der Waals surface area contributed by atoms with Crippen molar-refractivity contribution in [3.05, 3.63) is 249 Å². The highest BCUT2D eigenvalue weighted by Gasteiger charge is 2.56. The lowest BCUT2D eigenvalue weighted by Gasteiger charge is -2.56. The zero-order chi connectivity index (χ0) is 60.7. The Morgan fingerprint density at radius 2 is 0.989 bits per heavy atom. The standard InChI is InChI=1S/C82H86BN3S/c1-51-71-64(80(12,13)44-45-81(71,14)15)50-69-72(51)83-73-67(84(69)57-39-40-60-63(47-57)79(10,11)43-42-78(60,8)9)48-58(49-68(73)86(56-37-34-52(35-38-56)76(2,3)4)74-59-46-55(77(5,6)7)36-41-70(59)87-75(74)83)85-65-32-24-22-30-61(65)82(53-26-18-16-19-27-53,54-28-20-17-21-29-54)62-31-23-25-33-66(62)85/h16-41,46-51,71H,42-45H2,1-15H3. The number of nitrogens with zero attached hydrogens (tertiary/aromatic N) is 3. The van der Waals surface area contributed by atoms with E-state index in [-0.39, 0.29) is 45.1 Å². The van der Waals surface area contributed by atoms with Gasteiger partial charge in [-0.05, 0) is 187 Å². The lowest BCUT2D eigenvalue weighted by Crippen LogP contribution is -2.58. The van der Waals surface area contributed by atoms with Crippen LogP contribution in [0.2, 0.25) is 0 Å². The van der Waals surface area contributed by atoms with Gasteiger partial charge in [0.1, 0.15) is 0 Å². The molecule has 5 heteroatoms. The van der Waals surface area contributed by atoms with Crippen LogP contribution in [0.25, 0.3) is 10.1 Å². The molecule has 6 aliphatic rings. The van der Waals surface area contributed by atoms with E-state index in [0.717, 1.165) is 12.1 Å². The highest BCUT2D eigenvalue weighted by molar-refractivity contribution is 7.32. The third kappa shape index (κ3) is 8.25. The third-order valence-electron chi connectivity index (χ3n) is 22.3. The lowest BCUT2D eigenvalue weighted by molar-refractivity contribution is 0.0950. The summed E-state index contributed by atoms with van der Waals surface area (Å²) in [4.78, 5) is 8.18. The van der Waals surface area contributed by atoms with E-state index in [9.17, 15) is 0 Å². The highest BCUT2D eigenvalue weighted by Crippen LogP contribution is 2.64. The number of para-hydroxylation sites is 2. The van der Waals surface area contributed by atoms with E-state index in [1.165, 1.54) is 130 Å². The molecule has 4 heterocycles. The van der Waals surface area contributed by atoms with E-state index in [2.05, 4.69) is 307 Å². The van der Waals surface area contributed by atoms with Crippen molar-refractivity contribution in [2.24, 2.45) is 22.7 Å². The molecule has 1 fully saturated rings. The number of thiophene rings is 1. The topological polar surface area (TPSA) is 9.72 Å². The van der Waals surface area contributed by atoms with Gasteiger partial charge >= 0.3 is 0 Å². The van der Waals surface area contributed by atoms with Gasteiger partial charge in [-0.2, -0.15) is 0 Å². The molecule has 87 heavy (non-hydrogen) atoms. The van der Waals surface area contributed by atoms with Crippen LogP contribution in [0.4, 0.5) is 45.5 Å². The van der Waals surface area contributed by atoms with E-state index in [1.54, 1.807) is 11.0 Å². The Morgan fingerprint density at radius 1 is 0.460 bits per heavy atom. The molecule has 0 N–H and O–H groups in total. The molecule has 2 unspecified atom stereocenters. The average Bonchev–Trinajstić information content (AvgIpc) is 1.62. The highest BCUT2D eigenvalue weighted by atomic mass is 32.1. The van der Waals surface area contributed by atoms with Crippen LogP contribution in [0.15, 0.2) is 205 Å². The van der Waals surface area contributed by atoms with Crippen molar-refractivity contribution in [1.82, 2.24) is 0 Å². The summed E-state index contributed by atoms with van der Waals surface area (Å²) in [5.41, 5.74) is 26.1. The van der Waals surface area contributed by atoms with Crippen LogP contribution in [-0.4, -0.2) is 6.71 Å². The quantitative estimate of drug-likeness (QED) is 0.159. The molecule has 0 spiro atoms. The number of anilines is 8. The minimum Gasteiger partial charge on any atom is -0.312 e. The normalized spacial score (nSPS) is 20.8. The predicted octanol–water partition coefficient (Wildman–Crippen LogP) is 21.4. The monoisotopic (exact) mass is 1160 g/mol. The van der Waals surface area contributed by atoms with E-state index in [1.807, 2.05) is 11.3 Å². The van der Waals surface area contributed by atoms with Crippen LogP contribution in [0, 0.1) is 22.7 Å². The second kappa shape index (κ2) is 19.1. The molecule has 3 aliphatic carbocycles. The van der Waals surface area contributed by atoms with Gasteiger partial charge in [-0.15, -0.1) is 11.3 Å². The molecule has 8 aromatic carbocycles. The first-order valence-electron chi connectivity index (χ1n) is 32.5. The summed E-state index contributed by atoms with van der Waals surface area (Å²) in [6.07, 6.45) is 7.48. The summed E-state index contributed by atoms with van der Waals surface area (Å²) in [5.74, 6) is 0.653. The number of fused-ring (bicyclic) bond motifs is 9. The molecule has 0 radical (unpaired) electrons. The molecular weight excluding hydrogens is 1070 g/mol. The van der Waals surface area contributed by atoms with Crippen LogP contribution in [0.5, 0.6) is 0 Å². The maximum absolute atomic E-state index is 2.81. The molecule has 1 saturated carbocycles. The molecule has 1 aromatic heterocycles. The zero-order valence-corrected chi connectivity index (χ0v) is 55.0. The van der Waals surface area contributed by atoms with Crippen LogP contribution < -0.4 is 24.9 Å². The Kier molecular flexibility index (Phi) is 12.3. The number of hydrogen-bond acceptors (Lipinski definition) is 4. The second-order valence-electron chi connectivity index (χ2n) is 31.5. The Morgan fingerprint density at radius 3 is 1.59 bits per heavy atom. The average molecular weight is 1160 g/mol. The molecular formula is C82H86BN3S. The summed E-state index contributed by atoms with van der Waals surface area (Å²) in [7, 11) is 0. The smallest absolute Gasteiger partial charge is 0.260 e. The lowest BCUT2D eigenvalue weighted by atomic mass is 9.31. The van der Waals surface area contributed by atoms with Gasteiger partial charge < -0.3 is 14.7 Å². The molecule has 438 valence electrons. The summed E-state index contributed by atoms with van der Waals surface area (Å²) < 4.78 is 2.80. The molecule has 0 bridgehead atoms. The molecule has 3 aliphatic heterocycles. The number of allylic oxidation sites excluding steroid dienone is 3.